The number of anilines is 2. The number of nitro benzene ring substituents is 1. The van der Waals surface area contributed by atoms with Crippen molar-refractivity contribution in [2.45, 2.75) is 0 Å². The fourth-order valence-electron chi connectivity index (χ4n) is 1.74. The van der Waals surface area contributed by atoms with Crippen LogP contribution in [0, 0.1) is 10.1 Å². The average Bonchev–Trinajstić information content (AvgIpc) is 2.36. The Morgan fingerprint density at radius 2 is 1.71 bits per heavy atom. The lowest BCUT2D eigenvalue weighted by Gasteiger charge is -2.08. The molecule has 0 aromatic heterocycles. The Morgan fingerprint density at radius 3 is 2.24 bits per heavy atom. The van der Waals surface area contributed by atoms with E-state index >= 15 is 0 Å². The van der Waals surface area contributed by atoms with Crippen LogP contribution in [0.2, 0.25) is 10.0 Å². The van der Waals surface area contributed by atoms with Crippen LogP contribution in [-0.2, 0) is 0 Å². The van der Waals surface area contributed by atoms with Gasteiger partial charge in [0, 0.05) is 27.5 Å². The van der Waals surface area contributed by atoms with Crippen LogP contribution in [0.5, 0.6) is 0 Å². The van der Waals surface area contributed by atoms with E-state index in [9.17, 15) is 14.9 Å². The number of nitrogens with zero attached hydrogens (tertiary/aromatic N) is 1. The number of halogens is 2. The van der Waals surface area contributed by atoms with Crippen LogP contribution in [0.4, 0.5) is 17.1 Å². The minimum Gasteiger partial charge on any atom is -0.477 e. The van der Waals surface area contributed by atoms with E-state index in [1.165, 1.54) is 12.1 Å². The number of carboxylic acid groups (broad SMARTS) is 1. The minimum absolute atomic E-state index is 0.372. The van der Waals surface area contributed by atoms with Gasteiger partial charge >= 0.3 is 5.97 Å². The van der Waals surface area contributed by atoms with Gasteiger partial charge in [-0.25, -0.2) is 4.79 Å². The molecule has 2 aromatic carbocycles. The summed E-state index contributed by atoms with van der Waals surface area (Å²) in [5.74, 6) is -1.38. The third-order valence-electron chi connectivity index (χ3n) is 2.57. The van der Waals surface area contributed by atoms with Crippen molar-refractivity contribution in [1.82, 2.24) is 0 Å². The second-order valence-corrected chi connectivity index (χ2v) is 4.95. The summed E-state index contributed by atoms with van der Waals surface area (Å²) < 4.78 is 0. The Labute approximate surface area is 129 Å². The zero-order valence-electron chi connectivity index (χ0n) is 10.3. The van der Waals surface area contributed by atoms with Crippen molar-refractivity contribution in [1.29, 1.82) is 0 Å². The van der Waals surface area contributed by atoms with Gasteiger partial charge in [0.15, 0.2) is 0 Å². The lowest BCUT2D eigenvalue weighted by molar-refractivity contribution is -0.385. The Hall–Kier alpha value is -2.31. The molecule has 0 aliphatic carbocycles. The predicted molar refractivity (Wildman–Crippen MR) is 79.8 cm³/mol. The number of hydrogen-bond acceptors (Lipinski definition) is 4. The number of rotatable bonds is 4. The van der Waals surface area contributed by atoms with Crippen LogP contribution >= 0.6 is 23.2 Å². The van der Waals surface area contributed by atoms with Crippen LogP contribution in [0.25, 0.3) is 0 Å². The highest BCUT2D eigenvalue weighted by Crippen LogP contribution is 2.28. The maximum atomic E-state index is 11.1. The highest BCUT2D eigenvalue weighted by molar-refractivity contribution is 6.35. The number of hydrogen-bond donors (Lipinski definition) is 2. The van der Waals surface area contributed by atoms with Gasteiger partial charge in [-0.1, -0.05) is 23.2 Å². The molecule has 2 N–H and O–H groups in total. The quantitative estimate of drug-likeness (QED) is 0.643. The summed E-state index contributed by atoms with van der Waals surface area (Å²) in [4.78, 5) is 21.1. The topological polar surface area (TPSA) is 92.5 Å². The van der Waals surface area contributed by atoms with Crippen molar-refractivity contribution in [2.75, 3.05) is 5.32 Å². The lowest BCUT2D eigenvalue weighted by Crippen LogP contribution is -2.03. The van der Waals surface area contributed by atoms with Gasteiger partial charge in [0.2, 0.25) is 0 Å². The molecule has 0 bridgehead atoms. The van der Waals surface area contributed by atoms with Gasteiger partial charge in [-0.05, 0) is 30.3 Å². The molecule has 8 heteroatoms. The smallest absolute Gasteiger partial charge is 0.342 e. The SMILES string of the molecule is O=C(O)c1cc(Nc2cc(Cl)cc(Cl)c2)ccc1[N+](=O)[O-]. The highest BCUT2D eigenvalue weighted by atomic mass is 35.5. The Bertz CT molecular complexity index is 714. The zero-order chi connectivity index (χ0) is 15.6. The normalized spacial score (nSPS) is 10.2. The monoisotopic (exact) mass is 326 g/mol. The fraction of sp³-hybridized carbons (Fsp3) is 0. The van der Waals surface area contributed by atoms with Crippen LogP contribution in [0.15, 0.2) is 36.4 Å². The molecular formula is C13H8Cl2N2O4. The number of nitrogens with one attached hydrogen (secondary N) is 1. The summed E-state index contributed by atoms with van der Waals surface area (Å²) in [6.07, 6.45) is 0. The van der Waals surface area contributed by atoms with Gasteiger partial charge in [0.25, 0.3) is 5.69 Å². The van der Waals surface area contributed by atoms with Gasteiger partial charge < -0.3 is 10.4 Å². The highest BCUT2D eigenvalue weighted by Gasteiger charge is 2.20. The number of nitro groups is 1. The predicted octanol–water partition coefficient (Wildman–Crippen LogP) is 4.34. The van der Waals surface area contributed by atoms with E-state index in [4.69, 9.17) is 28.3 Å². The maximum Gasteiger partial charge on any atom is 0.342 e. The molecule has 0 spiro atoms. The Balaban J connectivity index is 2.39. The Kier molecular flexibility index (Phi) is 4.30. The molecule has 6 nitrogen and oxygen atoms in total. The molecule has 0 atom stereocenters. The van der Waals surface area contributed by atoms with E-state index < -0.39 is 22.1 Å². The molecule has 0 saturated heterocycles. The van der Waals surface area contributed by atoms with E-state index in [-0.39, 0.29) is 0 Å². The lowest BCUT2D eigenvalue weighted by atomic mass is 10.1. The van der Waals surface area contributed by atoms with Gasteiger partial charge in [-0.3, -0.25) is 10.1 Å². The molecule has 0 aliphatic rings. The molecule has 0 amide bonds. The number of carbonyl (C=O) groups is 1. The summed E-state index contributed by atoms with van der Waals surface area (Å²) >= 11 is 11.7. The maximum absolute atomic E-state index is 11.1. The van der Waals surface area contributed by atoms with Crippen LogP contribution < -0.4 is 5.32 Å². The number of aromatic carboxylic acids is 1. The van der Waals surface area contributed by atoms with Gasteiger partial charge in [-0.2, -0.15) is 0 Å². The van der Waals surface area contributed by atoms with Crippen molar-refractivity contribution >= 4 is 46.2 Å². The summed E-state index contributed by atoms with van der Waals surface area (Å²) in [7, 11) is 0. The molecule has 108 valence electrons. The van der Waals surface area contributed by atoms with Crippen molar-refractivity contribution in [3.8, 4) is 0 Å². The van der Waals surface area contributed by atoms with Crippen molar-refractivity contribution in [2.24, 2.45) is 0 Å². The summed E-state index contributed by atoms with van der Waals surface area (Å²) in [5.41, 5.74) is 0.0318. The third-order valence-corrected chi connectivity index (χ3v) is 3.01. The first-order valence-electron chi connectivity index (χ1n) is 5.61. The minimum atomic E-state index is -1.38. The largest absolute Gasteiger partial charge is 0.477 e. The van der Waals surface area contributed by atoms with E-state index in [1.54, 1.807) is 18.2 Å². The van der Waals surface area contributed by atoms with Crippen LogP contribution in [-0.4, -0.2) is 16.0 Å². The molecule has 21 heavy (non-hydrogen) atoms. The molecule has 0 unspecified atom stereocenters. The molecular weight excluding hydrogens is 319 g/mol. The first kappa shape index (κ1) is 15.1. The third kappa shape index (κ3) is 3.62. The van der Waals surface area contributed by atoms with E-state index in [1.807, 2.05) is 0 Å². The van der Waals surface area contributed by atoms with Gasteiger partial charge in [0.05, 0.1) is 4.92 Å². The van der Waals surface area contributed by atoms with Gasteiger partial charge in [0.1, 0.15) is 5.56 Å². The van der Waals surface area contributed by atoms with Gasteiger partial charge in [-0.15, -0.1) is 0 Å². The van der Waals surface area contributed by atoms with Crippen LogP contribution in [0.1, 0.15) is 10.4 Å². The number of benzene rings is 2. The fourth-order valence-corrected chi connectivity index (χ4v) is 2.26. The molecule has 2 rings (SSSR count). The first-order valence-corrected chi connectivity index (χ1v) is 6.37. The summed E-state index contributed by atoms with van der Waals surface area (Å²) in [5, 5.41) is 23.5. The Morgan fingerprint density at radius 1 is 1.10 bits per heavy atom. The standard InChI is InChI=1S/C13H8Cl2N2O4/c14-7-3-8(15)5-10(4-7)16-9-1-2-12(17(20)21)11(6-9)13(18)19/h1-6,16H,(H,18,19). The zero-order valence-corrected chi connectivity index (χ0v) is 11.9. The molecule has 0 aliphatic heterocycles. The number of carboxylic acids is 1. The van der Waals surface area contributed by atoms with Crippen molar-refractivity contribution in [3.05, 3.63) is 62.1 Å². The van der Waals surface area contributed by atoms with E-state index in [2.05, 4.69) is 5.32 Å². The second kappa shape index (κ2) is 5.99. The summed E-state index contributed by atoms with van der Waals surface area (Å²) in [6.45, 7) is 0. The van der Waals surface area contributed by atoms with Crippen molar-refractivity contribution < 1.29 is 14.8 Å². The molecule has 2 aromatic rings. The molecule has 0 radical (unpaired) electrons. The first-order chi connectivity index (χ1) is 9.86. The summed E-state index contributed by atoms with van der Waals surface area (Å²) in [6, 6.07) is 8.43. The second-order valence-electron chi connectivity index (χ2n) is 4.08. The van der Waals surface area contributed by atoms with E-state index in [0.29, 0.717) is 21.4 Å². The van der Waals surface area contributed by atoms with E-state index in [0.717, 1.165) is 6.07 Å². The van der Waals surface area contributed by atoms with Crippen molar-refractivity contribution in [3.63, 3.8) is 0 Å². The van der Waals surface area contributed by atoms with Crippen LogP contribution in [0.3, 0.4) is 0 Å². The molecule has 0 heterocycles. The molecule has 0 saturated carbocycles. The molecule has 0 fully saturated rings. The average molecular weight is 327 g/mol.